The number of fused-ring (bicyclic) bond motifs is 1. The molecule has 1 nitrogen and oxygen atoms in total. The number of allylic oxidation sites excluding steroid dienone is 1. The smallest absolute Gasteiger partial charge is 0.0722 e. The molecule has 0 unspecified atom stereocenters. The quantitative estimate of drug-likeness (QED) is 0.615. The Bertz CT molecular complexity index is 423. The number of ether oxygens (including phenoxy) is 1. The Kier molecular flexibility index (Phi) is 11.8. The van der Waals surface area contributed by atoms with Gasteiger partial charge in [0.1, 0.15) is 0 Å². The molecule has 0 aromatic heterocycles. The molecule has 1 radical (unpaired) electrons. The molecule has 1 aromatic rings. The summed E-state index contributed by atoms with van der Waals surface area (Å²) >= 11 is 0. The van der Waals surface area contributed by atoms with Gasteiger partial charge in [0, 0.05) is 25.2 Å². The van der Waals surface area contributed by atoms with Crippen LogP contribution >= 0.6 is 0 Å². The summed E-state index contributed by atoms with van der Waals surface area (Å²) in [5, 5.41) is 0. The van der Waals surface area contributed by atoms with Gasteiger partial charge in [-0.3, -0.25) is 0 Å². The van der Waals surface area contributed by atoms with Gasteiger partial charge in [0.15, 0.2) is 0 Å². The molecule has 0 heterocycles. The first-order valence-electron chi connectivity index (χ1n) is 8.17. The van der Waals surface area contributed by atoms with Gasteiger partial charge in [0.25, 0.3) is 0 Å². The minimum absolute atomic E-state index is 0. The van der Waals surface area contributed by atoms with Crippen LogP contribution in [0.2, 0.25) is 0 Å². The second-order valence-electron chi connectivity index (χ2n) is 5.18. The van der Waals surface area contributed by atoms with E-state index in [1.54, 1.807) is 0 Å². The Morgan fingerprint density at radius 1 is 1.05 bits per heavy atom. The van der Waals surface area contributed by atoms with Gasteiger partial charge in [-0.15, -0.1) is 0 Å². The van der Waals surface area contributed by atoms with Crippen molar-refractivity contribution in [2.45, 2.75) is 59.8 Å². The van der Waals surface area contributed by atoms with Gasteiger partial charge >= 0.3 is 0 Å². The molecule has 0 bridgehead atoms. The number of unbranched alkanes of at least 4 members (excludes halogenated alkanes) is 2. The molecule has 0 saturated carbocycles. The average molecular weight is 325 g/mol. The molecule has 0 N–H and O–H groups in total. The van der Waals surface area contributed by atoms with Crippen LogP contribution in [0.15, 0.2) is 29.8 Å². The first-order valence-corrected chi connectivity index (χ1v) is 8.17. The van der Waals surface area contributed by atoms with E-state index in [0.29, 0.717) is 0 Å². The van der Waals surface area contributed by atoms with Crippen molar-refractivity contribution in [1.82, 2.24) is 0 Å². The van der Waals surface area contributed by atoms with Crippen LogP contribution in [0.4, 0.5) is 0 Å². The van der Waals surface area contributed by atoms with E-state index in [9.17, 15) is 0 Å². The van der Waals surface area contributed by atoms with E-state index >= 15 is 0 Å². The van der Waals surface area contributed by atoms with Gasteiger partial charge in [-0.2, -0.15) is 0 Å². The minimum atomic E-state index is 0. The van der Waals surface area contributed by atoms with E-state index < -0.39 is 0 Å². The minimum Gasteiger partial charge on any atom is -0.377 e. The summed E-state index contributed by atoms with van der Waals surface area (Å²) in [7, 11) is 0. The summed E-state index contributed by atoms with van der Waals surface area (Å²) in [6.07, 6.45) is 6.08. The Morgan fingerprint density at radius 2 is 1.76 bits per heavy atom. The fourth-order valence-electron chi connectivity index (χ4n) is 2.56. The number of aryl methyl sites for hydroxylation is 1. The van der Waals surface area contributed by atoms with Gasteiger partial charge < -0.3 is 4.74 Å². The SMILES string of the molecule is CC.CCCCCOCC1=C(C)CCc2ccccc21.[V]. The molecule has 0 saturated heterocycles. The molecule has 0 aliphatic heterocycles. The first-order chi connectivity index (χ1) is 9.83. The number of hydrogen-bond acceptors (Lipinski definition) is 1. The molecule has 2 rings (SSSR count). The second kappa shape index (κ2) is 12.1. The van der Waals surface area contributed by atoms with Crippen LogP contribution in [-0.2, 0) is 29.7 Å². The third-order valence-electron chi connectivity index (χ3n) is 3.77. The van der Waals surface area contributed by atoms with E-state index in [-0.39, 0.29) is 18.6 Å². The van der Waals surface area contributed by atoms with E-state index in [2.05, 4.69) is 38.1 Å². The van der Waals surface area contributed by atoms with E-state index in [4.69, 9.17) is 4.74 Å². The Labute approximate surface area is 143 Å². The molecule has 0 fully saturated rings. The molecule has 2 heteroatoms. The van der Waals surface area contributed by atoms with Crippen molar-refractivity contribution < 1.29 is 23.3 Å². The van der Waals surface area contributed by atoms with Gasteiger partial charge in [-0.25, -0.2) is 0 Å². The molecule has 1 aromatic carbocycles. The van der Waals surface area contributed by atoms with Crippen molar-refractivity contribution in [3.8, 4) is 0 Å². The molecule has 1 aliphatic rings. The van der Waals surface area contributed by atoms with Crippen molar-refractivity contribution in [2.24, 2.45) is 0 Å². The summed E-state index contributed by atoms with van der Waals surface area (Å²) in [6, 6.07) is 8.76. The largest absolute Gasteiger partial charge is 0.377 e. The topological polar surface area (TPSA) is 9.23 Å². The van der Waals surface area contributed by atoms with E-state index in [0.717, 1.165) is 13.2 Å². The van der Waals surface area contributed by atoms with Crippen LogP contribution in [0.25, 0.3) is 5.57 Å². The fraction of sp³-hybridized carbons (Fsp3) is 0.579. The zero-order valence-corrected chi connectivity index (χ0v) is 15.5. The second-order valence-corrected chi connectivity index (χ2v) is 5.18. The summed E-state index contributed by atoms with van der Waals surface area (Å²) in [5.41, 5.74) is 5.82. The number of rotatable bonds is 6. The maximum atomic E-state index is 5.84. The van der Waals surface area contributed by atoms with E-state index in [1.165, 1.54) is 54.4 Å². The zero-order chi connectivity index (χ0) is 14.8. The standard InChI is InChI=1S/C17H24O.C2H6.V/c1-3-4-7-12-18-13-17-14(2)10-11-15-8-5-6-9-16(15)17;1-2;/h5-6,8-9H,3-4,7,10-13H2,1-2H3;1-2H3;. The molecule has 0 amide bonds. The van der Waals surface area contributed by atoms with E-state index in [1.807, 2.05) is 13.8 Å². The first kappa shape index (κ1) is 20.5. The summed E-state index contributed by atoms with van der Waals surface area (Å²) in [5.74, 6) is 0. The Balaban J connectivity index is 0.00000128. The van der Waals surface area contributed by atoms with Crippen LogP contribution in [0.1, 0.15) is 64.5 Å². The normalized spacial score (nSPS) is 13.0. The van der Waals surface area contributed by atoms with Gasteiger partial charge in [-0.1, -0.05) is 63.5 Å². The van der Waals surface area contributed by atoms with Crippen molar-refractivity contribution in [3.05, 3.63) is 41.0 Å². The molecule has 21 heavy (non-hydrogen) atoms. The van der Waals surface area contributed by atoms with Crippen LogP contribution in [-0.4, -0.2) is 13.2 Å². The predicted octanol–water partition coefficient (Wildman–Crippen LogP) is 5.64. The third kappa shape index (κ3) is 6.42. The summed E-state index contributed by atoms with van der Waals surface area (Å²) in [4.78, 5) is 0. The van der Waals surface area contributed by atoms with Crippen molar-refractivity contribution in [2.75, 3.05) is 13.2 Å². The molecule has 0 atom stereocenters. The van der Waals surface area contributed by atoms with Gasteiger partial charge in [-0.05, 0) is 42.9 Å². The van der Waals surface area contributed by atoms with Crippen LogP contribution in [0, 0.1) is 0 Å². The van der Waals surface area contributed by atoms with Crippen LogP contribution in [0.3, 0.4) is 0 Å². The molecule has 117 valence electrons. The molecule has 0 spiro atoms. The zero-order valence-electron chi connectivity index (χ0n) is 14.1. The van der Waals surface area contributed by atoms with Crippen molar-refractivity contribution in [3.63, 3.8) is 0 Å². The van der Waals surface area contributed by atoms with Gasteiger partial charge in [0.05, 0.1) is 6.61 Å². The maximum absolute atomic E-state index is 5.84. The monoisotopic (exact) mass is 325 g/mol. The van der Waals surface area contributed by atoms with Crippen molar-refractivity contribution in [1.29, 1.82) is 0 Å². The van der Waals surface area contributed by atoms with Crippen LogP contribution < -0.4 is 0 Å². The van der Waals surface area contributed by atoms with Gasteiger partial charge in [0.2, 0.25) is 0 Å². The van der Waals surface area contributed by atoms with Crippen LogP contribution in [0.5, 0.6) is 0 Å². The average Bonchev–Trinajstić information content (AvgIpc) is 2.51. The third-order valence-corrected chi connectivity index (χ3v) is 3.77. The number of hydrogen-bond donors (Lipinski definition) is 0. The molecular formula is C19H30OV. The number of benzene rings is 1. The van der Waals surface area contributed by atoms with Crippen molar-refractivity contribution >= 4 is 5.57 Å². The molecule has 1 aliphatic carbocycles. The Morgan fingerprint density at radius 3 is 2.48 bits per heavy atom. The fourth-order valence-corrected chi connectivity index (χ4v) is 2.56. The maximum Gasteiger partial charge on any atom is 0.0722 e. The summed E-state index contributed by atoms with van der Waals surface area (Å²) < 4.78 is 5.84. The Hall–Kier alpha value is -0.496. The summed E-state index contributed by atoms with van der Waals surface area (Å²) in [6.45, 7) is 10.2. The predicted molar refractivity (Wildman–Crippen MR) is 89.0 cm³/mol. The molecular weight excluding hydrogens is 295 g/mol.